The predicted molar refractivity (Wildman–Crippen MR) is 181 cm³/mol. The summed E-state index contributed by atoms with van der Waals surface area (Å²) in [6.45, 7) is 7.41. The van der Waals surface area contributed by atoms with Crippen molar-refractivity contribution in [1.82, 2.24) is 14.8 Å². The molecule has 2 aromatic rings. The van der Waals surface area contributed by atoms with Gasteiger partial charge in [0, 0.05) is 44.8 Å². The highest BCUT2D eigenvalue weighted by molar-refractivity contribution is 5.99. The molecule has 3 aliphatic rings. The number of oxime groups is 1. The maximum absolute atomic E-state index is 14.3. The van der Waals surface area contributed by atoms with Gasteiger partial charge >= 0.3 is 6.16 Å². The van der Waals surface area contributed by atoms with Gasteiger partial charge in [-0.25, -0.2) is 13.6 Å². The van der Waals surface area contributed by atoms with Gasteiger partial charge in [0.25, 0.3) is 11.8 Å². The lowest BCUT2D eigenvalue weighted by molar-refractivity contribution is -0.0658. The number of amides is 2. The average Bonchev–Trinajstić information content (AvgIpc) is 3.40. The van der Waals surface area contributed by atoms with E-state index in [1.165, 1.54) is 29.7 Å². The summed E-state index contributed by atoms with van der Waals surface area (Å²) in [6, 6.07) is 2.16. The molecule has 1 N–H and O–H groups in total. The van der Waals surface area contributed by atoms with Crippen LogP contribution in [-0.4, -0.2) is 64.7 Å². The summed E-state index contributed by atoms with van der Waals surface area (Å²) in [6.07, 6.45) is 7.97. The van der Waals surface area contributed by atoms with Crippen molar-refractivity contribution in [3.8, 4) is 5.75 Å². The van der Waals surface area contributed by atoms with Gasteiger partial charge in [-0.05, 0) is 45.1 Å². The summed E-state index contributed by atoms with van der Waals surface area (Å²) in [5.74, 6) is -2.82. The van der Waals surface area contributed by atoms with Crippen molar-refractivity contribution in [2.45, 2.75) is 110 Å². The van der Waals surface area contributed by atoms with Crippen molar-refractivity contribution < 1.29 is 43.6 Å². The molecule has 0 unspecified atom stereocenters. The highest BCUT2D eigenvalue weighted by Gasteiger charge is 2.54. The van der Waals surface area contributed by atoms with Crippen LogP contribution in [0.15, 0.2) is 34.3 Å². The second-order valence-electron chi connectivity index (χ2n) is 13.9. The van der Waals surface area contributed by atoms with Gasteiger partial charge in [-0.1, -0.05) is 57.2 Å². The molecule has 12 nitrogen and oxygen atoms in total. The van der Waals surface area contributed by atoms with Crippen LogP contribution in [0.25, 0.3) is 0 Å². The number of carbonyl (C=O) groups excluding carboxylic acids is 3. The minimum Gasteiger partial charge on any atom is -0.451 e. The van der Waals surface area contributed by atoms with E-state index < -0.39 is 64.8 Å². The zero-order valence-corrected chi connectivity index (χ0v) is 29.1. The van der Waals surface area contributed by atoms with Crippen LogP contribution in [0.2, 0.25) is 0 Å². The molecule has 3 atom stereocenters. The lowest BCUT2D eigenvalue weighted by Gasteiger charge is -2.42. The number of ether oxygens (including phenoxy) is 3. The van der Waals surface area contributed by atoms with E-state index in [9.17, 15) is 28.0 Å². The number of hydrogen-bond donors (Lipinski definition) is 1. The number of hydrogen-bond acceptors (Lipinski definition) is 9. The minimum atomic E-state index is -1.00. The van der Waals surface area contributed by atoms with E-state index in [1.54, 1.807) is 4.90 Å². The highest BCUT2D eigenvalue weighted by Crippen LogP contribution is 2.46. The van der Waals surface area contributed by atoms with Gasteiger partial charge < -0.3 is 33.8 Å². The van der Waals surface area contributed by atoms with Gasteiger partial charge in [-0.15, -0.1) is 0 Å². The SMILES string of the molecule is CC1=NO[C@@]2(CC[C@H](C)N3C[C@H]2n2cc(C(=O)NCc4ccc(F)cc4F)c(=O)c(OCOC(=O)OCCCCCCCC(C)C)c2C3=O)C1.[HH]. The molecule has 1 spiro atoms. The Labute approximate surface area is 291 Å². The topological polar surface area (TPSA) is 138 Å². The smallest absolute Gasteiger partial charge is 0.451 e. The number of unbranched alkanes of at least 4 members (excludes halogenated alkanes) is 4. The first kappa shape index (κ1) is 36.8. The number of aromatic nitrogens is 1. The Hall–Kier alpha value is -4.49. The van der Waals surface area contributed by atoms with Gasteiger partial charge in [-0.3, -0.25) is 14.4 Å². The average molecular weight is 703 g/mol. The number of nitrogens with zero attached hydrogens (tertiary/aromatic N) is 3. The summed E-state index contributed by atoms with van der Waals surface area (Å²) in [4.78, 5) is 61.5. The molecule has 2 amide bonds. The maximum atomic E-state index is 14.3. The second kappa shape index (κ2) is 16.0. The first-order valence-electron chi connectivity index (χ1n) is 17.4. The first-order valence-corrected chi connectivity index (χ1v) is 17.4. The van der Waals surface area contributed by atoms with E-state index in [2.05, 4.69) is 24.3 Å². The van der Waals surface area contributed by atoms with E-state index in [4.69, 9.17) is 19.0 Å². The van der Waals surface area contributed by atoms with Crippen LogP contribution in [0.3, 0.4) is 0 Å². The van der Waals surface area contributed by atoms with Gasteiger partial charge in [0.2, 0.25) is 18.0 Å². The molecule has 5 rings (SSSR count). The summed E-state index contributed by atoms with van der Waals surface area (Å²) in [7, 11) is 0. The number of carbonyl (C=O) groups is 3. The first-order chi connectivity index (χ1) is 23.9. The Kier molecular flexibility index (Phi) is 11.8. The van der Waals surface area contributed by atoms with Crippen molar-refractivity contribution in [3.63, 3.8) is 0 Å². The number of rotatable bonds is 14. The summed E-state index contributed by atoms with van der Waals surface area (Å²) < 4.78 is 45.2. The van der Waals surface area contributed by atoms with Crippen LogP contribution >= 0.6 is 0 Å². The van der Waals surface area contributed by atoms with Crippen molar-refractivity contribution in [2.24, 2.45) is 11.1 Å². The lowest BCUT2D eigenvalue weighted by atomic mass is 9.84. The molecule has 1 fully saturated rings. The van der Waals surface area contributed by atoms with Crippen LogP contribution in [-0.2, 0) is 20.9 Å². The molecule has 1 aromatic carbocycles. The molecular weight excluding hydrogens is 654 g/mol. The monoisotopic (exact) mass is 702 g/mol. The summed E-state index contributed by atoms with van der Waals surface area (Å²) in [5, 5.41) is 6.72. The largest absolute Gasteiger partial charge is 0.511 e. The van der Waals surface area contributed by atoms with E-state index in [-0.39, 0.29) is 38.4 Å². The fourth-order valence-electron chi connectivity index (χ4n) is 6.86. The Morgan fingerprint density at radius 1 is 1.14 bits per heavy atom. The van der Waals surface area contributed by atoms with E-state index in [0.29, 0.717) is 37.7 Å². The minimum absolute atomic E-state index is 0. The molecule has 14 heteroatoms. The van der Waals surface area contributed by atoms with Crippen LogP contribution < -0.4 is 15.5 Å². The molecular formula is C36H48F2N4O8. The Balaban J connectivity index is 0.00000583. The number of fused-ring (bicyclic) bond motifs is 5. The Bertz CT molecular complexity index is 1680. The van der Waals surface area contributed by atoms with E-state index in [1.807, 2.05) is 13.8 Å². The van der Waals surface area contributed by atoms with E-state index in [0.717, 1.165) is 31.0 Å². The molecule has 50 heavy (non-hydrogen) atoms. The van der Waals surface area contributed by atoms with Crippen molar-refractivity contribution >= 4 is 23.7 Å². The molecule has 1 aromatic heterocycles. The van der Waals surface area contributed by atoms with Crippen LogP contribution in [0.1, 0.15) is 119 Å². The number of pyridine rings is 1. The quantitative estimate of drug-likeness (QED) is 0.134. The molecule has 274 valence electrons. The molecule has 0 radical (unpaired) electrons. The van der Waals surface area contributed by atoms with Crippen molar-refractivity contribution in [1.29, 1.82) is 0 Å². The third-order valence-corrected chi connectivity index (χ3v) is 9.65. The van der Waals surface area contributed by atoms with Crippen LogP contribution in [0, 0.1) is 17.6 Å². The lowest BCUT2D eigenvalue weighted by Crippen LogP contribution is -2.52. The van der Waals surface area contributed by atoms with Crippen molar-refractivity contribution in [2.75, 3.05) is 19.9 Å². The van der Waals surface area contributed by atoms with Gasteiger partial charge in [0.15, 0.2) is 11.3 Å². The third kappa shape index (κ3) is 8.27. The zero-order valence-electron chi connectivity index (χ0n) is 29.1. The van der Waals surface area contributed by atoms with Gasteiger partial charge in [0.05, 0.1) is 18.4 Å². The molecule has 1 saturated heterocycles. The number of benzene rings is 1. The summed E-state index contributed by atoms with van der Waals surface area (Å²) in [5.41, 5.74) is -1.55. The molecule has 3 aliphatic heterocycles. The fourth-order valence-corrected chi connectivity index (χ4v) is 6.86. The van der Waals surface area contributed by atoms with Gasteiger partial charge in [0.1, 0.15) is 17.2 Å². The van der Waals surface area contributed by atoms with Gasteiger partial charge in [-0.2, -0.15) is 0 Å². The molecule has 2 bridgehead atoms. The Morgan fingerprint density at radius 2 is 1.90 bits per heavy atom. The number of halogens is 2. The zero-order chi connectivity index (χ0) is 36.0. The third-order valence-electron chi connectivity index (χ3n) is 9.65. The summed E-state index contributed by atoms with van der Waals surface area (Å²) >= 11 is 0. The molecule has 0 aliphatic carbocycles. The fraction of sp³-hybridized carbons (Fsp3) is 0.583. The highest BCUT2D eigenvalue weighted by atomic mass is 19.1. The Morgan fingerprint density at radius 3 is 2.62 bits per heavy atom. The molecule has 4 heterocycles. The number of nitrogens with one attached hydrogen (secondary N) is 1. The van der Waals surface area contributed by atoms with E-state index >= 15 is 0 Å². The normalized spacial score (nSPS) is 21.0. The standard InChI is InChI=1S/C36H46F2N4O8.H2/c1-22(2)10-8-6-5-7-9-15-47-35(46)49-21-48-32-30-34(45)41-20-29(36(14-13-24(41)4)17-23(3)40-50-36)42(30)19-27(31(32)43)33(44)39-18-25-11-12-26(37)16-28(25)38;/h11-12,16,19,22,24,29H,5-10,13-15,17-18,20-21H2,1-4H3,(H,39,44);1H/t24-,29+,36-;/m0./s1. The predicted octanol–water partition coefficient (Wildman–Crippen LogP) is 6.50. The van der Waals surface area contributed by atoms with Crippen molar-refractivity contribution in [3.05, 3.63) is 63.1 Å². The van der Waals surface area contributed by atoms with Crippen LogP contribution in [0.4, 0.5) is 13.6 Å². The van der Waals surface area contributed by atoms with Crippen LogP contribution in [0.5, 0.6) is 5.75 Å². The maximum Gasteiger partial charge on any atom is 0.511 e. The molecule has 0 saturated carbocycles. The second-order valence-corrected chi connectivity index (χ2v) is 13.9.